The third-order valence-electron chi connectivity index (χ3n) is 3.23. The zero-order valence-corrected chi connectivity index (χ0v) is 12.8. The van der Waals surface area contributed by atoms with Crippen LogP contribution in [0.5, 0.6) is 0 Å². The SMILES string of the molecule is Cl.O=[N+]([O-])c1cccc(CCNC[C@H](O)c2ccccc2)c1. The lowest BCUT2D eigenvalue weighted by molar-refractivity contribution is -0.384. The molecule has 0 aliphatic carbocycles. The lowest BCUT2D eigenvalue weighted by Crippen LogP contribution is -2.23. The molecule has 2 N–H and O–H groups in total. The van der Waals surface area contributed by atoms with Crippen molar-refractivity contribution in [3.8, 4) is 0 Å². The molecule has 0 saturated carbocycles. The maximum absolute atomic E-state index is 10.7. The normalized spacial score (nSPS) is 11.5. The summed E-state index contributed by atoms with van der Waals surface area (Å²) in [5, 5.41) is 23.8. The van der Waals surface area contributed by atoms with Crippen LogP contribution >= 0.6 is 12.4 Å². The molecule has 0 amide bonds. The Morgan fingerprint density at radius 2 is 1.86 bits per heavy atom. The first-order chi connectivity index (χ1) is 10.2. The molecular weight excluding hydrogens is 304 g/mol. The van der Waals surface area contributed by atoms with Crippen molar-refractivity contribution in [3.05, 3.63) is 75.8 Å². The monoisotopic (exact) mass is 322 g/mol. The molecule has 118 valence electrons. The number of nitrogens with one attached hydrogen (secondary N) is 1. The minimum atomic E-state index is -0.545. The quantitative estimate of drug-likeness (QED) is 0.467. The van der Waals surface area contributed by atoms with Crippen LogP contribution in [0.4, 0.5) is 5.69 Å². The third kappa shape index (κ3) is 5.44. The highest BCUT2D eigenvalue weighted by molar-refractivity contribution is 5.85. The minimum absolute atomic E-state index is 0. The van der Waals surface area contributed by atoms with Gasteiger partial charge in [-0.2, -0.15) is 0 Å². The molecule has 0 aromatic heterocycles. The standard InChI is InChI=1S/C16H18N2O3.ClH/c19-16(14-6-2-1-3-7-14)12-17-10-9-13-5-4-8-15(11-13)18(20)21;/h1-8,11,16-17,19H,9-10,12H2;1H/t16-;/m0./s1. The van der Waals surface area contributed by atoms with Gasteiger partial charge in [-0.1, -0.05) is 42.5 Å². The Bertz CT molecular complexity index is 593. The largest absolute Gasteiger partial charge is 0.387 e. The van der Waals surface area contributed by atoms with Gasteiger partial charge >= 0.3 is 0 Å². The number of aliphatic hydroxyl groups is 1. The fourth-order valence-electron chi connectivity index (χ4n) is 2.09. The predicted octanol–water partition coefficient (Wildman–Crippen LogP) is 2.88. The third-order valence-corrected chi connectivity index (χ3v) is 3.23. The molecule has 6 heteroatoms. The number of non-ortho nitro benzene ring substituents is 1. The molecule has 0 radical (unpaired) electrons. The van der Waals surface area contributed by atoms with E-state index < -0.39 is 11.0 Å². The van der Waals surface area contributed by atoms with E-state index in [0.29, 0.717) is 19.5 Å². The number of rotatable bonds is 7. The number of aliphatic hydroxyl groups excluding tert-OH is 1. The van der Waals surface area contributed by atoms with Gasteiger partial charge in [-0.15, -0.1) is 12.4 Å². The number of nitro benzene ring substituents is 1. The summed E-state index contributed by atoms with van der Waals surface area (Å²) in [5.41, 5.74) is 1.89. The van der Waals surface area contributed by atoms with Crippen LogP contribution in [0.25, 0.3) is 0 Å². The van der Waals surface area contributed by atoms with Crippen LogP contribution < -0.4 is 5.32 Å². The van der Waals surface area contributed by atoms with Crippen molar-refractivity contribution >= 4 is 18.1 Å². The van der Waals surface area contributed by atoms with E-state index >= 15 is 0 Å². The molecule has 0 spiro atoms. The smallest absolute Gasteiger partial charge is 0.269 e. The van der Waals surface area contributed by atoms with Gasteiger partial charge in [0.05, 0.1) is 11.0 Å². The van der Waals surface area contributed by atoms with E-state index in [0.717, 1.165) is 11.1 Å². The Morgan fingerprint density at radius 1 is 1.14 bits per heavy atom. The molecule has 22 heavy (non-hydrogen) atoms. The summed E-state index contributed by atoms with van der Waals surface area (Å²) in [5.74, 6) is 0. The fourth-order valence-corrected chi connectivity index (χ4v) is 2.09. The second-order valence-electron chi connectivity index (χ2n) is 4.81. The van der Waals surface area contributed by atoms with Gasteiger partial charge in [0.2, 0.25) is 0 Å². The van der Waals surface area contributed by atoms with Crippen LogP contribution in [0, 0.1) is 10.1 Å². The Hall–Kier alpha value is -1.95. The van der Waals surface area contributed by atoms with E-state index in [4.69, 9.17) is 0 Å². The fraction of sp³-hybridized carbons (Fsp3) is 0.250. The maximum atomic E-state index is 10.7. The van der Waals surface area contributed by atoms with E-state index in [9.17, 15) is 15.2 Å². The Morgan fingerprint density at radius 3 is 2.55 bits per heavy atom. The summed E-state index contributed by atoms with van der Waals surface area (Å²) in [7, 11) is 0. The van der Waals surface area contributed by atoms with Crippen LogP contribution in [0.1, 0.15) is 17.2 Å². The topological polar surface area (TPSA) is 75.4 Å². The molecule has 0 heterocycles. The van der Waals surface area contributed by atoms with Gasteiger partial charge in [0, 0.05) is 18.7 Å². The molecule has 2 aromatic carbocycles. The summed E-state index contributed by atoms with van der Waals surface area (Å²) in [6, 6.07) is 16.1. The molecule has 2 aromatic rings. The molecule has 0 unspecified atom stereocenters. The zero-order chi connectivity index (χ0) is 15.1. The number of nitro groups is 1. The minimum Gasteiger partial charge on any atom is -0.387 e. The number of benzene rings is 2. The van der Waals surface area contributed by atoms with Gasteiger partial charge in [-0.05, 0) is 24.1 Å². The molecule has 0 aliphatic heterocycles. The molecule has 0 bridgehead atoms. The van der Waals surface area contributed by atoms with Gasteiger partial charge in [-0.25, -0.2) is 0 Å². The summed E-state index contributed by atoms with van der Waals surface area (Å²) >= 11 is 0. The lowest BCUT2D eigenvalue weighted by Gasteiger charge is -2.12. The van der Waals surface area contributed by atoms with Crippen LogP contribution in [0.3, 0.4) is 0 Å². The highest BCUT2D eigenvalue weighted by atomic mass is 35.5. The molecule has 0 fully saturated rings. The lowest BCUT2D eigenvalue weighted by atomic mass is 10.1. The van der Waals surface area contributed by atoms with E-state index in [-0.39, 0.29) is 18.1 Å². The summed E-state index contributed by atoms with van der Waals surface area (Å²) in [4.78, 5) is 10.3. The van der Waals surface area contributed by atoms with E-state index in [1.807, 2.05) is 36.4 Å². The van der Waals surface area contributed by atoms with Crippen molar-refractivity contribution in [3.63, 3.8) is 0 Å². The average Bonchev–Trinajstić information content (AvgIpc) is 2.52. The van der Waals surface area contributed by atoms with Crippen molar-refractivity contribution in [2.75, 3.05) is 13.1 Å². The molecule has 0 aliphatic rings. The molecule has 2 rings (SSSR count). The predicted molar refractivity (Wildman–Crippen MR) is 88.3 cm³/mol. The van der Waals surface area contributed by atoms with Crippen LogP contribution in [-0.4, -0.2) is 23.1 Å². The molecule has 0 saturated heterocycles. The Labute approximate surface area is 135 Å². The van der Waals surface area contributed by atoms with Gasteiger partial charge in [0.1, 0.15) is 0 Å². The number of hydrogen-bond acceptors (Lipinski definition) is 4. The summed E-state index contributed by atoms with van der Waals surface area (Å²) < 4.78 is 0. The second kappa shape index (κ2) is 9.15. The number of hydrogen-bond donors (Lipinski definition) is 2. The van der Waals surface area contributed by atoms with Crippen molar-refractivity contribution in [2.45, 2.75) is 12.5 Å². The molecule has 5 nitrogen and oxygen atoms in total. The summed E-state index contributed by atoms with van der Waals surface area (Å²) in [6.07, 6.45) is 0.139. The van der Waals surface area contributed by atoms with E-state index in [1.165, 1.54) is 6.07 Å². The first kappa shape index (κ1) is 18.1. The van der Waals surface area contributed by atoms with Crippen molar-refractivity contribution < 1.29 is 10.0 Å². The average molecular weight is 323 g/mol. The Balaban J connectivity index is 0.00000242. The van der Waals surface area contributed by atoms with Crippen LogP contribution in [0.15, 0.2) is 54.6 Å². The molecular formula is C16H19ClN2O3. The van der Waals surface area contributed by atoms with Gasteiger partial charge in [0.25, 0.3) is 5.69 Å². The highest BCUT2D eigenvalue weighted by Crippen LogP contribution is 2.13. The van der Waals surface area contributed by atoms with E-state index in [2.05, 4.69) is 5.32 Å². The number of nitrogens with zero attached hydrogens (tertiary/aromatic N) is 1. The maximum Gasteiger partial charge on any atom is 0.269 e. The zero-order valence-electron chi connectivity index (χ0n) is 12.0. The molecule has 1 atom stereocenters. The Kier molecular flexibility index (Phi) is 7.52. The number of halogens is 1. The first-order valence-corrected chi connectivity index (χ1v) is 6.84. The van der Waals surface area contributed by atoms with Gasteiger partial charge < -0.3 is 10.4 Å². The van der Waals surface area contributed by atoms with Crippen LogP contribution in [-0.2, 0) is 6.42 Å². The first-order valence-electron chi connectivity index (χ1n) is 6.84. The van der Waals surface area contributed by atoms with Gasteiger partial charge in [-0.3, -0.25) is 10.1 Å². The second-order valence-corrected chi connectivity index (χ2v) is 4.81. The summed E-state index contributed by atoms with van der Waals surface area (Å²) in [6.45, 7) is 1.12. The van der Waals surface area contributed by atoms with Crippen molar-refractivity contribution in [1.82, 2.24) is 5.32 Å². The van der Waals surface area contributed by atoms with Crippen molar-refractivity contribution in [2.24, 2.45) is 0 Å². The highest BCUT2D eigenvalue weighted by Gasteiger charge is 2.07. The van der Waals surface area contributed by atoms with Gasteiger partial charge in [0.15, 0.2) is 0 Å². The van der Waals surface area contributed by atoms with Crippen molar-refractivity contribution in [1.29, 1.82) is 0 Å². The van der Waals surface area contributed by atoms with Crippen LogP contribution in [0.2, 0.25) is 0 Å². The van der Waals surface area contributed by atoms with E-state index in [1.54, 1.807) is 12.1 Å².